The van der Waals surface area contributed by atoms with Crippen LogP contribution in [0.2, 0.25) is 0 Å². The van der Waals surface area contributed by atoms with Gasteiger partial charge in [-0.25, -0.2) is 9.48 Å². The van der Waals surface area contributed by atoms with E-state index in [2.05, 4.69) is 30.9 Å². The van der Waals surface area contributed by atoms with Crippen molar-refractivity contribution in [2.45, 2.75) is 39.7 Å². The summed E-state index contributed by atoms with van der Waals surface area (Å²) < 4.78 is 3.52. The van der Waals surface area contributed by atoms with Gasteiger partial charge in [-0.2, -0.15) is 10.2 Å². The third kappa shape index (κ3) is 5.59. The Bertz CT molecular complexity index is 1690. The van der Waals surface area contributed by atoms with Gasteiger partial charge in [0, 0.05) is 30.2 Å². The number of amides is 1. The summed E-state index contributed by atoms with van der Waals surface area (Å²) in [4.78, 5) is 30.6. The van der Waals surface area contributed by atoms with Gasteiger partial charge in [-0.05, 0) is 63.9 Å². The number of carbonyl (C=O) groups excluding carboxylic acids is 2. The molecule has 6 rings (SSSR count). The summed E-state index contributed by atoms with van der Waals surface area (Å²) in [6.45, 7) is 6.78. The number of benzene rings is 2. The summed E-state index contributed by atoms with van der Waals surface area (Å²) >= 11 is 0. The minimum absolute atomic E-state index is 0.163. The normalized spacial score (nSPS) is 14.8. The highest BCUT2D eigenvalue weighted by Gasteiger charge is 2.29. The first-order valence-corrected chi connectivity index (χ1v) is 13.5. The Morgan fingerprint density at radius 2 is 1.78 bits per heavy atom. The minimum Gasteiger partial charge on any atom is -0.367 e. The first-order chi connectivity index (χ1) is 19.7. The van der Waals surface area contributed by atoms with E-state index in [-0.39, 0.29) is 17.9 Å². The van der Waals surface area contributed by atoms with Gasteiger partial charge in [0.2, 0.25) is 0 Å². The molecule has 1 aliphatic heterocycles. The SMILES string of the molecule is CC(C)(C)C(=O)ON1CCC(n2cc(NC(=O)c3ccc(-n4cc(-c5n[nH]c6ccccc56)nn4)cc3)cn2)CC1. The number of aromatic nitrogens is 7. The van der Waals surface area contributed by atoms with Crippen molar-refractivity contribution in [3.63, 3.8) is 0 Å². The molecule has 0 unspecified atom stereocenters. The maximum atomic E-state index is 12.9. The van der Waals surface area contributed by atoms with Crippen molar-refractivity contribution in [2.75, 3.05) is 18.4 Å². The van der Waals surface area contributed by atoms with Gasteiger partial charge < -0.3 is 10.2 Å². The molecule has 12 nitrogen and oxygen atoms in total. The second-order valence-electron chi connectivity index (χ2n) is 11.2. The number of hydrogen-bond acceptors (Lipinski definition) is 8. The number of piperidine rings is 1. The Hall–Kier alpha value is -4.84. The third-order valence-electron chi connectivity index (χ3n) is 7.08. The summed E-state index contributed by atoms with van der Waals surface area (Å²) in [7, 11) is 0. The Morgan fingerprint density at radius 3 is 2.54 bits per heavy atom. The molecule has 0 atom stereocenters. The van der Waals surface area contributed by atoms with E-state index in [0.29, 0.717) is 30.0 Å². The van der Waals surface area contributed by atoms with Crippen molar-refractivity contribution >= 4 is 28.5 Å². The van der Waals surface area contributed by atoms with Crippen LogP contribution in [0, 0.1) is 5.41 Å². The van der Waals surface area contributed by atoms with Gasteiger partial charge >= 0.3 is 5.97 Å². The van der Waals surface area contributed by atoms with Crippen LogP contribution in [0.5, 0.6) is 0 Å². The molecule has 1 fully saturated rings. The van der Waals surface area contributed by atoms with Crippen LogP contribution >= 0.6 is 0 Å². The molecule has 1 saturated heterocycles. The molecular weight excluding hydrogens is 522 g/mol. The molecule has 0 radical (unpaired) electrons. The number of H-pyrrole nitrogens is 1. The number of para-hydroxylation sites is 1. The average Bonchev–Trinajstić information content (AvgIpc) is 3.73. The molecule has 1 aliphatic rings. The van der Waals surface area contributed by atoms with Gasteiger partial charge in [0.1, 0.15) is 11.4 Å². The molecule has 210 valence electrons. The summed E-state index contributed by atoms with van der Waals surface area (Å²) in [5.41, 5.74) is 3.68. The predicted molar refractivity (Wildman–Crippen MR) is 152 cm³/mol. The van der Waals surface area contributed by atoms with Crippen LogP contribution in [-0.4, -0.2) is 65.0 Å². The number of hydroxylamine groups is 2. The van der Waals surface area contributed by atoms with Gasteiger partial charge in [-0.15, -0.1) is 10.2 Å². The fourth-order valence-corrected chi connectivity index (χ4v) is 4.68. The summed E-state index contributed by atoms with van der Waals surface area (Å²) in [5, 5.41) is 26.0. The first kappa shape index (κ1) is 26.4. The van der Waals surface area contributed by atoms with Crippen molar-refractivity contribution in [3.8, 4) is 17.1 Å². The Balaban J connectivity index is 1.05. The zero-order valence-corrected chi connectivity index (χ0v) is 23.1. The van der Waals surface area contributed by atoms with E-state index >= 15 is 0 Å². The van der Waals surface area contributed by atoms with E-state index in [9.17, 15) is 9.59 Å². The van der Waals surface area contributed by atoms with Crippen molar-refractivity contribution in [1.82, 2.24) is 40.0 Å². The second kappa shape index (κ2) is 10.6. The van der Waals surface area contributed by atoms with E-state index in [0.717, 1.165) is 35.1 Å². The van der Waals surface area contributed by atoms with Crippen LogP contribution in [-0.2, 0) is 9.63 Å². The number of nitrogens with zero attached hydrogens (tertiary/aromatic N) is 7. The molecule has 3 aromatic heterocycles. The number of aromatic amines is 1. The van der Waals surface area contributed by atoms with Crippen LogP contribution in [0.4, 0.5) is 5.69 Å². The molecule has 1 amide bonds. The van der Waals surface area contributed by atoms with Crippen LogP contribution in [0.15, 0.2) is 67.1 Å². The van der Waals surface area contributed by atoms with Gasteiger partial charge in [0.25, 0.3) is 5.91 Å². The molecule has 0 spiro atoms. The van der Waals surface area contributed by atoms with Crippen molar-refractivity contribution in [1.29, 1.82) is 0 Å². The second-order valence-corrected chi connectivity index (χ2v) is 11.2. The van der Waals surface area contributed by atoms with E-state index in [1.807, 2.05) is 74.2 Å². The minimum atomic E-state index is -0.539. The highest BCUT2D eigenvalue weighted by atomic mass is 16.7. The first-order valence-electron chi connectivity index (χ1n) is 13.5. The maximum absolute atomic E-state index is 12.9. The van der Waals surface area contributed by atoms with E-state index in [4.69, 9.17) is 4.84 Å². The molecule has 0 bridgehead atoms. The number of hydrogen-bond donors (Lipinski definition) is 2. The van der Waals surface area contributed by atoms with Crippen molar-refractivity contribution in [3.05, 3.63) is 72.7 Å². The van der Waals surface area contributed by atoms with Gasteiger partial charge in [0.15, 0.2) is 0 Å². The van der Waals surface area contributed by atoms with Gasteiger partial charge in [-0.3, -0.25) is 14.6 Å². The highest BCUT2D eigenvalue weighted by molar-refractivity contribution is 6.04. The zero-order valence-electron chi connectivity index (χ0n) is 23.1. The number of anilines is 1. The van der Waals surface area contributed by atoms with Crippen molar-refractivity contribution in [2.24, 2.45) is 5.41 Å². The highest BCUT2D eigenvalue weighted by Crippen LogP contribution is 2.26. The topological polar surface area (TPSA) is 136 Å². The smallest absolute Gasteiger partial charge is 0.330 e. The average molecular weight is 554 g/mol. The molecule has 4 heterocycles. The quantitative estimate of drug-likeness (QED) is 0.316. The lowest BCUT2D eigenvalue weighted by Crippen LogP contribution is -2.39. The fraction of sp³-hybridized carbons (Fsp3) is 0.310. The largest absolute Gasteiger partial charge is 0.367 e. The standard InChI is InChI=1S/C29H31N9O3/c1-29(2,3)28(40)41-36-14-12-22(13-15-36)37-17-20(16-30-37)31-27(39)19-8-10-21(11-9-19)38-18-25(33-35-38)26-23-6-4-5-7-24(23)32-34-26/h4-11,16-18,22H,12-15H2,1-3H3,(H,31,39)(H,32,34). The summed E-state index contributed by atoms with van der Waals surface area (Å²) in [5.74, 6) is -0.468. The Kier molecular flexibility index (Phi) is 6.83. The van der Waals surface area contributed by atoms with Gasteiger partial charge in [-0.1, -0.05) is 23.4 Å². The molecule has 2 aromatic carbocycles. The third-order valence-corrected chi connectivity index (χ3v) is 7.08. The monoisotopic (exact) mass is 553 g/mol. The van der Waals surface area contributed by atoms with Crippen LogP contribution in [0.25, 0.3) is 28.0 Å². The number of fused-ring (bicyclic) bond motifs is 1. The van der Waals surface area contributed by atoms with E-state index in [1.54, 1.807) is 28.1 Å². The van der Waals surface area contributed by atoms with Crippen LogP contribution in [0.1, 0.15) is 50.0 Å². The maximum Gasteiger partial charge on any atom is 0.330 e. The van der Waals surface area contributed by atoms with Gasteiger partial charge in [0.05, 0.1) is 40.7 Å². The molecule has 41 heavy (non-hydrogen) atoms. The lowest BCUT2D eigenvalue weighted by molar-refractivity contribution is -0.205. The lowest BCUT2D eigenvalue weighted by atomic mass is 9.98. The molecule has 5 aromatic rings. The van der Waals surface area contributed by atoms with Crippen molar-refractivity contribution < 1.29 is 14.4 Å². The van der Waals surface area contributed by atoms with Crippen LogP contribution < -0.4 is 5.32 Å². The number of nitrogens with one attached hydrogen (secondary N) is 2. The molecule has 0 aliphatic carbocycles. The Morgan fingerprint density at radius 1 is 1.02 bits per heavy atom. The molecule has 0 saturated carbocycles. The van der Waals surface area contributed by atoms with Crippen LogP contribution in [0.3, 0.4) is 0 Å². The number of rotatable bonds is 6. The molecular formula is C29H31N9O3. The summed E-state index contributed by atoms with van der Waals surface area (Å²) in [6, 6.07) is 15.1. The number of carbonyl (C=O) groups is 2. The lowest BCUT2D eigenvalue weighted by Gasteiger charge is -2.32. The molecule has 12 heteroatoms. The Labute approximate surface area is 236 Å². The molecule has 2 N–H and O–H groups in total. The summed E-state index contributed by atoms with van der Waals surface area (Å²) in [6.07, 6.45) is 6.87. The predicted octanol–water partition coefficient (Wildman–Crippen LogP) is 4.40. The fourth-order valence-electron chi connectivity index (χ4n) is 4.68. The van der Waals surface area contributed by atoms with E-state index < -0.39 is 5.41 Å². The van der Waals surface area contributed by atoms with E-state index in [1.165, 1.54) is 0 Å². The zero-order chi connectivity index (χ0) is 28.6.